The van der Waals surface area contributed by atoms with Gasteiger partial charge in [0.25, 0.3) is 5.69 Å². The fourth-order valence-corrected chi connectivity index (χ4v) is 2.59. The Morgan fingerprint density at radius 2 is 1.83 bits per heavy atom. The predicted octanol–water partition coefficient (Wildman–Crippen LogP) is 3.19. The molecule has 6 nitrogen and oxygen atoms in total. The van der Waals surface area contributed by atoms with E-state index < -0.39 is 4.92 Å². The van der Waals surface area contributed by atoms with Crippen molar-refractivity contribution in [2.45, 2.75) is 11.8 Å². The van der Waals surface area contributed by atoms with Crippen molar-refractivity contribution in [2.24, 2.45) is 0 Å². The van der Waals surface area contributed by atoms with Crippen LogP contribution in [0.1, 0.15) is 5.56 Å². The molecule has 0 aliphatic heterocycles. The van der Waals surface area contributed by atoms with E-state index in [9.17, 15) is 14.9 Å². The summed E-state index contributed by atoms with van der Waals surface area (Å²) in [6, 6.07) is 13.8. The van der Waals surface area contributed by atoms with Crippen LogP contribution in [0.15, 0.2) is 53.4 Å². The van der Waals surface area contributed by atoms with E-state index in [4.69, 9.17) is 4.74 Å². The number of ether oxygens (including phenoxy) is 1. The van der Waals surface area contributed by atoms with Crippen molar-refractivity contribution < 1.29 is 14.5 Å². The Bertz CT molecular complexity index is 687. The van der Waals surface area contributed by atoms with Crippen molar-refractivity contribution in [3.63, 3.8) is 0 Å². The third-order valence-electron chi connectivity index (χ3n) is 3.13. The zero-order chi connectivity index (χ0) is 17.4. The number of rotatable bonds is 8. The standard InChI is InChI=1S/C17H18N2O4S/c1-13-2-6-15(7-3-13)23-11-10-18-17(20)12-24-16-8-4-14(5-9-16)19(21)22/h2-9H,10-12H2,1H3,(H,18,20). The first-order valence-corrected chi connectivity index (χ1v) is 8.36. The quantitative estimate of drug-likeness (QED) is 0.344. The molecule has 24 heavy (non-hydrogen) atoms. The third kappa shape index (κ3) is 5.92. The highest BCUT2D eigenvalue weighted by Crippen LogP contribution is 2.21. The molecule has 1 amide bonds. The molecule has 7 heteroatoms. The molecular formula is C17H18N2O4S. The molecule has 0 saturated heterocycles. The number of hydrogen-bond donors (Lipinski definition) is 1. The maximum atomic E-state index is 11.8. The Morgan fingerprint density at radius 3 is 2.46 bits per heavy atom. The van der Waals surface area contributed by atoms with Gasteiger partial charge >= 0.3 is 0 Å². The highest BCUT2D eigenvalue weighted by molar-refractivity contribution is 8.00. The van der Waals surface area contributed by atoms with Gasteiger partial charge in [-0.05, 0) is 31.2 Å². The van der Waals surface area contributed by atoms with E-state index in [0.29, 0.717) is 13.2 Å². The molecule has 0 bridgehead atoms. The van der Waals surface area contributed by atoms with Crippen LogP contribution in [0.5, 0.6) is 5.75 Å². The van der Waals surface area contributed by atoms with E-state index in [2.05, 4.69) is 5.32 Å². The molecule has 0 aliphatic rings. The molecule has 0 unspecified atom stereocenters. The van der Waals surface area contributed by atoms with Gasteiger partial charge in [0.2, 0.25) is 5.91 Å². The lowest BCUT2D eigenvalue weighted by molar-refractivity contribution is -0.384. The summed E-state index contributed by atoms with van der Waals surface area (Å²) in [7, 11) is 0. The Morgan fingerprint density at radius 1 is 1.17 bits per heavy atom. The molecule has 0 aromatic heterocycles. The van der Waals surface area contributed by atoms with Crippen molar-refractivity contribution in [3.05, 3.63) is 64.2 Å². The number of aryl methyl sites for hydroxylation is 1. The number of benzene rings is 2. The van der Waals surface area contributed by atoms with E-state index in [-0.39, 0.29) is 17.3 Å². The first kappa shape index (κ1) is 17.8. The number of carbonyl (C=O) groups is 1. The van der Waals surface area contributed by atoms with Crippen molar-refractivity contribution in [1.29, 1.82) is 0 Å². The second kappa shape index (κ2) is 8.93. The molecule has 1 N–H and O–H groups in total. The first-order chi connectivity index (χ1) is 11.5. The normalized spacial score (nSPS) is 10.2. The van der Waals surface area contributed by atoms with Gasteiger partial charge in [0.15, 0.2) is 0 Å². The molecule has 0 saturated carbocycles. The van der Waals surface area contributed by atoms with Gasteiger partial charge in [-0.1, -0.05) is 17.7 Å². The predicted molar refractivity (Wildman–Crippen MR) is 93.5 cm³/mol. The number of nitro groups is 1. The molecule has 0 fully saturated rings. The summed E-state index contributed by atoms with van der Waals surface area (Å²) in [6.45, 7) is 2.83. The highest BCUT2D eigenvalue weighted by Gasteiger charge is 2.06. The van der Waals surface area contributed by atoms with Crippen molar-refractivity contribution >= 4 is 23.4 Å². The molecule has 2 aromatic rings. The van der Waals surface area contributed by atoms with Crippen LogP contribution in [0.2, 0.25) is 0 Å². The molecule has 0 radical (unpaired) electrons. The van der Waals surface area contributed by atoms with Gasteiger partial charge in [-0.3, -0.25) is 14.9 Å². The lowest BCUT2D eigenvalue weighted by Gasteiger charge is -2.08. The number of amides is 1. The molecule has 126 valence electrons. The average molecular weight is 346 g/mol. The van der Waals surface area contributed by atoms with Gasteiger partial charge in [-0.2, -0.15) is 0 Å². The Balaban J connectivity index is 1.64. The summed E-state index contributed by atoms with van der Waals surface area (Å²) >= 11 is 1.33. The van der Waals surface area contributed by atoms with E-state index in [0.717, 1.165) is 10.6 Å². The summed E-state index contributed by atoms with van der Waals surface area (Å²) < 4.78 is 5.52. The topological polar surface area (TPSA) is 81.5 Å². The van der Waals surface area contributed by atoms with Crippen LogP contribution < -0.4 is 10.1 Å². The average Bonchev–Trinajstić information content (AvgIpc) is 2.59. The Labute approximate surface area is 144 Å². The number of hydrogen-bond acceptors (Lipinski definition) is 5. The Kier molecular flexibility index (Phi) is 6.62. The van der Waals surface area contributed by atoms with E-state index in [1.807, 2.05) is 31.2 Å². The maximum Gasteiger partial charge on any atom is 0.269 e. The maximum absolute atomic E-state index is 11.8. The minimum atomic E-state index is -0.449. The van der Waals surface area contributed by atoms with Gasteiger partial charge < -0.3 is 10.1 Å². The van der Waals surface area contributed by atoms with Gasteiger partial charge in [0, 0.05) is 17.0 Å². The van der Waals surface area contributed by atoms with Crippen molar-refractivity contribution in [3.8, 4) is 5.75 Å². The lowest BCUT2D eigenvalue weighted by Crippen LogP contribution is -2.29. The fourth-order valence-electron chi connectivity index (χ4n) is 1.86. The number of nitrogens with zero attached hydrogens (tertiary/aromatic N) is 1. The van der Waals surface area contributed by atoms with E-state index in [1.165, 1.54) is 29.5 Å². The zero-order valence-corrected chi connectivity index (χ0v) is 14.0. The van der Waals surface area contributed by atoms with E-state index >= 15 is 0 Å². The molecule has 2 rings (SSSR count). The van der Waals surface area contributed by atoms with Crippen LogP contribution in [0, 0.1) is 17.0 Å². The highest BCUT2D eigenvalue weighted by atomic mass is 32.2. The summed E-state index contributed by atoms with van der Waals surface area (Å²) in [6.07, 6.45) is 0. The third-order valence-corrected chi connectivity index (χ3v) is 4.14. The molecule has 0 spiro atoms. The minimum Gasteiger partial charge on any atom is -0.492 e. The van der Waals surface area contributed by atoms with E-state index in [1.54, 1.807) is 12.1 Å². The smallest absolute Gasteiger partial charge is 0.269 e. The first-order valence-electron chi connectivity index (χ1n) is 7.38. The minimum absolute atomic E-state index is 0.0389. The zero-order valence-electron chi connectivity index (χ0n) is 13.2. The fraction of sp³-hybridized carbons (Fsp3) is 0.235. The van der Waals surface area contributed by atoms with Gasteiger partial charge in [-0.15, -0.1) is 11.8 Å². The largest absolute Gasteiger partial charge is 0.492 e. The van der Waals surface area contributed by atoms with Crippen LogP contribution in [0.25, 0.3) is 0 Å². The Hall–Kier alpha value is -2.54. The van der Waals surface area contributed by atoms with Crippen LogP contribution in [0.4, 0.5) is 5.69 Å². The number of non-ortho nitro benzene ring substituents is 1. The van der Waals surface area contributed by atoms with Crippen LogP contribution in [-0.4, -0.2) is 29.7 Å². The molecule has 0 aliphatic carbocycles. The second-order valence-electron chi connectivity index (χ2n) is 5.05. The van der Waals surface area contributed by atoms with Crippen LogP contribution in [0.3, 0.4) is 0 Å². The van der Waals surface area contributed by atoms with Crippen molar-refractivity contribution in [2.75, 3.05) is 18.9 Å². The lowest BCUT2D eigenvalue weighted by atomic mass is 10.2. The molecule has 0 heterocycles. The van der Waals surface area contributed by atoms with Crippen LogP contribution >= 0.6 is 11.8 Å². The summed E-state index contributed by atoms with van der Waals surface area (Å²) in [5, 5.41) is 13.3. The SMILES string of the molecule is Cc1ccc(OCCNC(=O)CSc2ccc([N+](=O)[O-])cc2)cc1. The summed E-state index contributed by atoms with van der Waals surface area (Å²) in [5.41, 5.74) is 1.20. The molecule has 2 aromatic carbocycles. The number of nitrogens with one attached hydrogen (secondary N) is 1. The van der Waals surface area contributed by atoms with Crippen molar-refractivity contribution in [1.82, 2.24) is 5.32 Å². The number of thioether (sulfide) groups is 1. The summed E-state index contributed by atoms with van der Waals surface area (Å²) in [4.78, 5) is 22.7. The van der Waals surface area contributed by atoms with Gasteiger partial charge in [0.1, 0.15) is 12.4 Å². The van der Waals surface area contributed by atoms with Gasteiger partial charge in [-0.25, -0.2) is 0 Å². The second-order valence-corrected chi connectivity index (χ2v) is 6.10. The summed E-state index contributed by atoms with van der Waals surface area (Å²) in [5.74, 6) is 0.920. The monoisotopic (exact) mass is 346 g/mol. The number of nitro benzene ring substituents is 1. The number of carbonyl (C=O) groups excluding carboxylic acids is 1. The van der Waals surface area contributed by atoms with Gasteiger partial charge in [0.05, 0.1) is 17.2 Å². The molecule has 0 atom stereocenters. The van der Waals surface area contributed by atoms with Crippen LogP contribution in [-0.2, 0) is 4.79 Å². The molecular weight excluding hydrogens is 328 g/mol.